The number of furan rings is 1. The van der Waals surface area contributed by atoms with E-state index in [0.29, 0.717) is 35.5 Å². The maximum absolute atomic E-state index is 12.7. The predicted octanol–water partition coefficient (Wildman–Crippen LogP) is 3.39. The molecule has 0 saturated carbocycles. The van der Waals surface area contributed by atoms with Crippen LogP contribution in [0.25, 0.3) is 0 Å². The zero-order chi connectivity index (χ0) is 22.2. The SMILES string of the molecule is O=C(Nc1ccc2c(c1)CCN2C(=O)c1ccoc1)c1ccc(N2C(=O)CCC2=O)cc1. The Labute approximate surface area is 183 Å². The number of nitrogens with zero attached hydrogens (tertiary/aromatic N) is 2. The minimum atomic E-state index is -0.306. The third-order valence-corrected chi connectivity index (χ3v) is 5.69. The quantitative estimate of drug-likeness (QED) is 0.641. The minimum Gasteiger partial charge on any atom is -0.472 e. The number of imide groups is 1. The van der Waals surface area contributed by atoms with Gasteiger partial charge in [0.1, 0.15) is 6.26 Å². The summed E-state index contributed by atoms with van der Waals surface area (Å²) in [4.78, 5) is 51.9. The Morgan fingerprint density at radius 2 is 1.62 bits per heavy atom. The monoisotopic (exact) mass is 429 g/mol. The molecule has 0 bridgehead atoms. The molecule has 1 N–H and O–H groups in total. The van der Waals surface area contributed by atoms with Crippen molar-refractivity contribution in [3.63, 3.8) is 0 Å². The van der Waals surface area contributed by atoms with Crippen molar-refractivity contribution in [3.05, 3.63) is 77.7 Å². The maximum Gasteiger partial charge on any atom is 0.261 e. The van der Waals surface area contributed by atoms with Crippen LogP contribution in [-0.4, -0.2) is 30.2 Å². The van der Waals surface area contributed by atoms with E-state index in [1.807, 2.05) is 12.1 Å². The lowest BCUT2D eigenvalue weighted by atomic mass is 10.1. The third kappa shape index (κ3) is 3.45. The van der Waals surface area contributed by atoms with Crippen LogP contribution in [0, 0.1) is 0 Å². The number of benzene rings is 2. The van der Waals surface area contributed by atoms with E-state index in [1.54, 1.807) is 41.3 Å². The summed E-state index contributed by atoms with van der Waals surface area (Å²) in [7, 11) is 0. The van der Waals surface area contributed by atoms with Crippen molar-refractivity contribution < 1.29 is 23.6 Å². The summed E-state index contributed by atoms with van der Waals surface area (Å²) >= 11 is 0. The Morgan fingerprint density at radius 3 is 2.31 bits per heavy atom. The summed E-state index contributed by atoms with van der Waals surface area (Å²) in [6.45, 7) is 0.562. The molecular formula is C24H19N3O5. The average Bonchev–Trinajstić information content (AvgIpc) is 3.54. The smallest absolute Gasteiger partial charge is 0.261 e. The first-order valence-corrected chi connectivity index (χ1v) is 10.3. The molecule has 2 aliphatic heterocycles. The van der Waals surface area contributed by atoms with Crippen molar-refractivity contribution in [2.24, 2.45) is 0 Å². The number of fused-ring (bicyclic) bond motifs is 1. The molecule has 0 atom stereocenters. The van der Waals surface area contributed by atoms with Crippen molar-refractivity contribution in [2.75, 3.05) is 21.7 Å². The van der Waals surface area contributed by atoms with Crippen molar-refractivity contribution in [3.8, 4) is 0 Å². The van der Waals surface area contributed by atoms with Crippen molar-refractivity contribution in [1.82, 2.24) is 0 Å². The molecule has 0 aliphatic carbocycles. The van der Waals surface area contributed by atoms with Crippen LogP contribution in [0.4, 0.5) is 17.1 Å². The molecule has 0 radical (unpaired) electrons. The van der Waals surface area contributed by atoms with Crippen LogP contribution in [0.5, 0.6) is 0 Å². The largest absolute Gasteiger partial charge is 0.472 e. The van der Waals surface area contributed by atoms with Crippen molar-refractivity contribution >= 4 is 40.7 Å². The lowest BCUT2D eigenvalue weighted by molar-refractivity contribution is -0.121. The normalized spacial score (nSPS) is 15.2. The summed E-state index contributed by atoms with van der Waals surface area (Å²) in [5, 5.41) is 2.86. The lowest BCUT2D eigenvalue weighted by Gasteiger charge is -2.17. The molecule has 4 amide bonds. The van der Waals surface area contributed by atoms with E-state index in [1.165, 1.54) is 12.5 Å². The third-order valence-electron chi connectivity index (χ3n) is 5.69. The second-order valence-electron chi connectivity index (χ2n) is 7.69. The molecule has 1 fully saturated rings. The van der Waals surface area contributed by atoms with E-state index < -0.39 is 0 Å². The van der Waals surface area contributed by atoms with Crippen LogP contribution >= 0.6 is 0 Å². The number of rotatable bonds is 4. The molecule has 1 saturated heterocycles. The molecule has 3 aromatic rings. The molecule has 3 heterocycles. The summed E-state index contributed by atoms with van der Waals surface area (Å²) in [6, 6.07) is 13.4. The molecule has 8 nitrogen and oxygen atoms in total. The topological polar surface area (TPSA) is 99.9 Å². The molecule has 160 valence electrons. The first-order valence-electron chi connectivity index (χ1n) is 10.3. The van der Waals surface area contributed by atoms with E-state index in [4.69, 9.17) is 4.42 Å². The van der Waals surface area contributed by atoms with Crippen LogP contribution < -0.4 is 15.1 Å². The van der Waals surface area contributed by atoms with Crippen molar-refractivity contribution in [1.29, 1.82) is 0 Å². The fourth-order valence-corrected chi connectivity index (χ4v) is 4.06. The van der Waals surface area contributed by atoms with E-state index in [2.05, 4.69) is 5.32 Å². The highest BCUT2D eigenvalue weighted by molar-refractivity contribution is 6.20. The highest BCUT2D eigenvalue weighted by atomic mass is 16.3. The van der Waals surface area contributed by atoms with Crippen LogP contribution in [0.1, 0.15) is 39.1 Å². The zero-order valence-corrected chi connectivity index (χ0v) is 17.0. The van der Waals surface area contributed by atoms with Gasteiger partial charge >= 0.3 is 0 Å². The van der Waals surface area contributed by atoms with Gasteiger partial charge in [-0.3, -0.25) is 24.1 Å². The first-order chi connectivity index (χ1) is 15.5. The number of amides is 4. The first kappa shape index (κ1) is 19.7. The number of hydrogen-bond acceptors (Lipinski definition) is 5. The number of carbonyl (C=O) groups is 4. The predicted molar refractivity (Wildman–Crippen MR) is 117 cm³/mol. The fourth-order valence-electron chi connectivity index (χ4n) is 4.06. The Hall–Kier alpha value is -4.20. The Morgan fingerprint density at radius 1 is 0.875 bits per heavy atom. The molecule has 32 heavy (non-hydrogen) atoms. The van der Waals surface area contributed by atoms with Crippen LogP contribution in [0.3, 0.4) is 0 Å². The standard InChI is InChI=1S/C24H19N3O5/c28-21-7-8-22(29)27(21)19-4-1-15(2-5-19)23(30)25-18-3-6-20-16(13-18)9-11-26(20)24(31)17-10-12-32-14-17/h1-6,10,12-14H,7-9,11H2,(H,25,30). The van der Waals surface area contributed by atoms with Gasteiger partial charge in [-0.05, 0) is 60.5 Å². The maximum atomic E-state index is 12.7. The van der Waals surface area contributed by atoms with E-state index in [-0.39, 0.29) is 36.5 Å². The lowest BCUT2D eigenvalue weighted by Crippen LogP contribution is -2.28. The summed E-state index contributed by atoms with van der Waals surface area (Å²) in [5.41, 5.74) is 3.79. The molecule has 2 aliphatic rings. The van der Waals surface area contributed by atoms with Gasteiger partial charge in [0, 0.05) is 36.3 Å². The summed E-state index contributed by atoms with van der Waals surface area (Å²) in [5.74, 6) is -0.888. The molecule has 2 aromatic carbocycles. The van der Waals surface area contributed by atoms with Gasteiger partial charge in [-0.2, -0.15) is 0 Å². The molecular weight excluding hydrogens is 410 g/mol. The highest BCUT2D eigenvalue weighted by Crippen LogP contribution is 2.32. The average molecular weight is 429 g/mol. The Bertz CT molecular complexity index is 1220. The van der Waals surface area contributed by atoms with Crippen molar-refractivity contribution in [2.45, 2.75) is 19.3 Å². The van der Waals surface area contributed by atoms with E-state index in [9.17, 15) is 19.2 Å². The summed E-state index contributed by atoms with van der Waals surface area (Å²) < 4.78 is 5.00. The number of carbonyl (C=O) groups excluding carboxylic acids is 4. The molecule has 0 spiro atoms. The second kappa shape index (κ2) is 7.81. The van der Waals surface area contributed by atoms with Gasteiger partial charge in [0.15, 0.2) is 0 Å². The van der Waals surface area contributed by atoms with E-state index in [0.717, 1.165) is 16.2 Å². The fraction of sp³-hybridized carbons (Fsp3) is 0.167. The molecule has 1 aromatic heterocycles. The Balaban J connectivity index is 1.29. The number of nitrogens with one attached hydrogen (secondary N) is 1. The number of hydrogen-bond donors (Lipinski definition) is 1. The van der Waals surface area contributed by atoms with Gasteiger partial charge in [0.05, 0.1) is 17.5 Å². The highest BCUT2D eigenvalue weighted by Gasteiger charge is 2.30. The van der Waals surface area contributed by atoms with Crippen LogP contribution in [-0.2, 0) is 16.0 Å². The van der Waals surface area contributed by atoms with Gasteiger partial charge in [-0.1, -0.05) is 0 Å². The van der Waals surface area contributed by atoms with Gasteiger partial charge < -0.3 is 14.6 Å². The van der Waals surface area contributed by atoms with Gasteiger partial charge in [0.25, 0.3) is 11.8 Å². The van der Waals surface area contributed by atoms with Gasteiger partial charge in [-0.15, -0.1) is 0 Å². The van der Waals surface area contributed by atoms with Gasteiger partial charge in [-0.25, -0.2) is 0 Å². The van der Waals surface area contributed by atoms with E-state index >= 15 is 0 Å². The number of anilines is 3. The zero-order valence-electron chi connectivity index (χ0n) is 17.0. The second-order valence-corrected chi connectivity index (χ2v) is 7.69. The molecule has 0 unspecified atom stereocenters. The van der Waals surface area contributed by atoms with Gasteiger partial charge in [0.2, 0.25) is 11.8 Å². The minimum absolute atomic E-state index is 0.121. The Kier molecular flexibility index (Phi) is 4.82. The van der Waals surface area contributed by atoms with Crippen LogP contribution in [0.15, 0.2) is 65.5 Å². The molecule has 5 rings (SSSR count). The van der Waals surface area contributed by atoms with Crippen LogP contribution in [0.2, 0.25) is 0 Å². The summed E-state index contributed by atoms with van der Waals surface area (Å²) in [6.07, 6.45) is 4.01. The molecule has 8 heteroatoms.